The number of anilines is 1. The summed E-state index contributed by atoms with van der Waals surface area (Å²) in [5, 5.41) is 3.20. The lowest BCUT2D eigenvalue weighted by Crippen LogP contribution is -2.69. The number of rotatable bonds is 1. The molecule has 1 aromatic rings. The normalized spacial score (nSPS) is 30.2. The van der Waals surface area contributed by atoms with Gasteiger partial charge in [-0.2, -0.15) is 0 Å². The standard InChI is InChI=1S/C15H20N2O3S/c1-10-4-6-11(7-5-10)17-13-9-21(19,20)8-12(13)16-15(2,3)14(17)18/h4-7,12-13,16H,8-9H2,1-3H3/t12-,13+/m1/s1. The van der Waals surface area contributed by atoms with E-state index in [9.17, 15) is 13.2 Å². The Morgan fingerprint density at radius 2 is 1.81 bits per heavy atom. The van der Waals surface area contributed by atoms with Crippen molar-refractivity contribution in [1.82, 2.24) is 5.32 Å². The zero-order valence-electron chi connectivity index (χ0n) is 12.5. The second-order valence-corrected chi connectivity index (χ2v) is 8.68. The number of carbonyl (C=O) groups is 1. The van der Waals surface area contributed by atoms with Crippen LogP contribution >= 0.6 is 0 Å². The largest absolute Gasteiger partial charge is 0.305 e. The summed E-state index contributed by atoms with van der Waals surface area (Å²) in [5.41, 5.74) is 1.12. The number of benzene rings is 1. The van der Waals surface area contributed by atoms with Gasteiger partial charge in [0, 0.05) is 11.7 Å². The summed E-state index contributed by atoms with van der Waals surface area (Å²) in [6.45, 7) is 5.59. The Kier molecular flexibility index (Phi) is 3.15. The minimum Gasteiger partial charge on any atom is -0.305 e. The molecule has 2 atom stereocenters. The summed E-state index contributed by atoms with van der Waals surface area (Å²) in [6.07, 6.45) is 0. The quantitative estimate of drug-likeness (QED) is 0.836. The average Bonchev–Trinajstić information content (AvgIpc) is 2.65. The number of carbonyl (C=O) groups excluding carboxylic acids is 1. The Morgan fingerprint density at radius 1 is 1.19 bits per heavy atom. The van der Waals surface area contributed by atoms with Crippen LogP contribution in [0.15, 0.2) is 24.3 Å². The third-order valence-corrected chi connectivity index (χ3v) is 5.98. The van der Waals surface area contributed by atoms with Crippen LogP contribution in [0.3, 0.4) is 0 Å². The maximum atomic E-state index is 12.8. The lowest BCUT2D eigenvalue weighted by atomic mass is 9.93. The lowest BCUT2D eigenvalue weighted by Gasteiger charge is -2.45. The molecule has 0 radical (unpaired) electrons. The van der Waals surface area contributed by atoms with Crippen LogP contribution in [0.2, 0.25) is 0 Å². The summed E-state index contributed by atoms with van der Waals surface area (Å²) in [7, 11) is -3.11. The van der Waals surface area contributed by atoms with Gasteiger partial charge in [-0.25, -0.2) is 8.42 Å². The Balaban J connectivity index is 2.06. The third-order valence-electron chi connectivity index (χ3n) is 4.27. The monoisotopic (exact) mass is 308 g/mol. The number of nitrogens with one attached hydrogen (secondary N) is 1. The van der Waals surface area contributed by atoms with Gasteiger partial charge in [-0.15, -0.1) is 0 Å². The highest BCUT2D eigenvalue weighted by Gasteiger charge is 2.52. The molecule has 0 aromatic heterocycles. The van der Waals surface area contributed by atoms with Gasteiger partial charge in [0.2, 0.25) is 5.91 Å². The molecule has 114 valence electrons. The van der Waals surface area contributed by atoms with Crippen molar-refractivity contribution >= 4 is 21.4 Å². The fraction of sp³-hybridized carbons (Fsp3) is 0.533. The summed E-state index contributed by atoms with van der Waals surface area (Å²) >= 11 is 0. The lowest BCUT2D eigenvalue weighted by molar-refractivity contribution is -0.126. The van der Waals surface area contributed by atoms with Crippen molar-refractivity contribution < 1.29 is 13.2 Å². The molecular formula is C15H20N2O3S. The van der Waals surface area contributed by atoms with E-state index in [1.807, 2.05) is 31.2 Å². The first-order chi connectivity index (χ1) is 9.70. The van der Waals surface area contributed by atoms with E-state index in [0.717, 1.165) is 11.3 Å². The Bertz CT molecular complexity index is 679. The highest BCUT2D eigenvalue weighted by Crippen LogP contribution is 2.32. The Hall–Kier alpha value is -1.40. The van der Waals surface area contributed by atoms with Crippen LogP contribution in [0, 0.1) is 6.92 Å². The van der Waals surface area contributed by atoms with Crippen molar-refractivity contribution in [2.75, 3.05) is 16.4 Å². The zero-order chi connectivity index (χ0) is 15.4. The van der Waals surface area contributed by atoms with Gasteiger partial charge in [0.15, 0.2) is 9.84 Å². The number of piperazine rings is 1. The molecule has 0 saturated carbocycles. The van der Waals surface area contributed by atoms with Gasteiger partial charge in [0.25, 0.3) is 0 Å². The van der Waals surface area contributed by atoms with Crippen LogP contribution in [0.5, 0.6) is 0 Å². The average molecular weight is 308 g/mol. The number of nitrogens with zero attached hydrogens (tertiary/aromatic N) is 1. The van der Waals surface area contributed by atoms with Gasteiger partial charge in [-0.3, -0.25) is 10.1 Å². The number of fused-ring (bicyclic) bond motifs is 1. The third kappa shape index (κ3) is 2.46. The van der Waals surface area contributed by atoms with Crippen LogP contribution in [-0.4, -0.2) is 43.5 Å². The first kappa shape index (κ1) is 14.5. The summed E-state index contributed by atoms with van der Waals surface area (Å²) in [4.78, 5) is 14.4. The number of sulfone groups is 1. The molecule has 2 fully saturated rings. The second kappa shape index (κ2) is 4.55. The molecule has 2 heterocycles. The van der Waals surface area contributed by atoms with Crippen LogP contribution in [0.1, 0.15) is 19.4 Å². The molecule has 0 spiro atoms. The van der Waals surface area contributed by atoms with E-state index in [4.69, 9.17) is 0 Å². The second-order valence-electron chi connectivity index (χ2n) is 6.53. The smallest absolute Gasteiger partial charge is 0.247 e. The first-order valence-electron chi connectivity index (χ1n) is 7.08. The number of amides is 1. The summed E-state index contributed by atoms with van der Waals surface area (Å²) in [5.74, 6) is 0.0431. The highest BCUT2D eigenvalue weighted by atomic mass is 32.2. The van der Waals surface area contributed by atoms with Crippen LogP contribution in [0.25, 0.3) is 0 Å². The number of hydrogen-bond acceptors (Lipinski definition) is 4. The van der Waals surface area contributed by atoms with Gasteiger partial charge in [0.1, 0.15) is 0 Å². The molecule has 1 amide bonds. The van der Waals surface area contributed by atoms with E-state index >= 15 is 0 Å². The molecule has 5 nitrogen and oxygen atoms in total. The molecule has 6 heteroatoms. The number of hydrogen-bond donors (Lipinski definition) is 1. The predicted octanol–water partition coefficient (Wildman–Crippen LogP) is 0.875. The predicted molar refractivity (Wildman–Crippen MR) is 82.1 cm³/mol. The van der Waals surface area contributed by atoms with Crippen molar-refractivity contribution in [3.63, 3.8) is 0 Å². The van der Waals surface area contributed by atoms with E-state index in [1.165, 1.54) is 0 Å². The maximum Gasteiger partial charge on any atom is 0.247 e. The van der Waals surface area contributed by atoms with Crippen LogP contribution < -0.4 is 10.2 Å². The molecular weight excluding hydrogens is 288 g/mol. The van der Waals surface area contributed by atoms with Gasteiger partial charge >= 0.3 is 0 Å². The van der Waals surface area contributed by atoms with Gasteiger partial charge in [-0.1, -0.05) is 17.7 Å². The molecule has 3 rings (SSSR count). The topological polar surface area (TPSA) is 66.5 Å². The van der Waals surface area contributed by atoms with E-state index in [2.05, 4.69) is 5.32 Å². The van der Waals surface area contributed by atoms with Crippen molar-refractivity contribution in [3.05, 3.63) is 29.8 Å². The molecule has 1 N–H and O–H groups in total. The summed E-state index contributed by atoms with van der Waals surface area (Å²) in [6, 6.07) is 7.13. The highest BCUT2D eigenvalue weighted by molar-refractivity contribution is 7.91. The van der Waals surface area contributed by atoms with Crippen LogP contribution in [0.4, 0.5) is 5.69 Å². The zero-order valence-corrected chi connectivity index (χ0v) is 13.3. The Morgan fingerprint density at radius 3 is 2.43 bits per heavy atom. The van der Waals surface area contributed by atoms with Crippen LogP contribution in [-0.2, 0) is 14.6 Å². The molecule has 2 aliphatic rings. The maximum absolute atomic E-state index is 12.8. The van der Waals surface area contributed by atoms with Gasteiger partial charge in [-0.05, 0) is 32.9 Å². The van der Waals surface area contributed by atoms with E-state index in [0.29, 0.717) is 0 Å². The molecule has 0 bridgehead atoms. The van der Waals surface area contributed by atoms with Crippen molar-refractivity contribution in [2.24, 2.45) is 0 Å². The summed E-state index contributed by atoms with van der Waals surface area (Å²) < 4.78 is 23.9. The van der Waals surface area contributed by atoms with E-state index < -0.39 is 15.4 Å². The van der Waals surface area contributed by atoms with Crippen molar-refractivity contribution in [2.45, 2.75) is 38.4 Å². The van der Waals surface area contributed by atoms with Crippen molar-refractivity contribution in [1.29, 1.82) is 0 Å². The molecule has 21 heavy (non-hydrogen) atoms. The van der Waals surface area contributed by atoms with Crippen molar-refractivity contribution in [3.8, 4) is 0 Å². The minimum atomic E-state index is -3.11. The molecule has 0 unspecified atom stereocenters. The SMILES string of the molecule is Cc1ccc(N2C(=O)C(C)(C)N[C@@H]3CS(=O)(=O)C[C@@H]32)cc1. The fourth-order valence-electron chi connectivity index (χ4n) is 3.21. The first-order valence-corrected chi connectivity index (χ1v) is 8.90. The number of aryl methyl sites for hydroxylation is 1. The molecule has 2 saturated heterocycles. The van der Waals surface area contributed by atoms with E-state index in [1.54, 1.807) is 18.7 Å². The molecule has 1 aromatic carbocycles. The van der Waals surface area contributed by atoms with E-state index in [-0.39, 0.29) is 29.5 Å². The fourth-order valence-corrected chi connectivity index (χ4v) is 5.10. The Labute approximate surface area is 125 Å². The minimum absolute atomic E-state index is 0.0281. The molecule has 2 aliphatic heterocycles. The van der Waals surface area contributed by atoms with Gasteiger partial charge < -0.3 is 4.90 Å². The molecule has 0 aliphatic carbocycles. The van der Waals surface area contributed by atoms with Gasteiger partial charge in [0.05, 0.1) is 23.1 Å².